The molecule has 0 spiro atoms. The zero-order chi connectivity index (χ0) is 22.3. The molecule has 0 radical (unpaired) electrons. The van der Waals surface area contributed by atoms with Crippen LogP contribution in [0.25, 0.3) is 0 Å². The number of benzene rings is 1. The van der Waals surface area contributed by atoms with Gasteiger partial charge in [-0.05, 0) is 31.4 Å². The van der Waals surface area contributed by atoms with E-state index in [1.165, 1.54) is 0 Å². The molecular formula is C20H28N2O7S. The average Bonchev–Trinajstić information content (AvgIpc) is 3.02. The van der Waals surface area contributed by atoms with E-state index in [9.17, 15) is 22.8 Å². The van der Waals surface area contributed by atoms with Gasteiger partial charge in [-0.25, -0.2) is 13.2 Å². The first-order valence-electron chi connectivity index (χ1n) is 9.82. The molecule has 2 rings (SSSR count). The molecular weight excluding hydrogens is 412 g/mol. The molecule has 30 heavy (non-hydrogen) atoms. The number of hydrogen-bond donors (Lipinski definition) is 2. The van der Waals surface area contributed by atoms with E-state index >= 15 is 0 Å². The van der Waals surface area contributed by atoms with Gasteiger partial charge in [0.05, 0.1) is 23.7 Å². The summed E-state index contributed by atoms with van der Waals surface area (Å²) in [5, 5.41) is 5.18. The van der Waals surface area contributed by atoms with E-state index in [4.69, 9.17) is 9.47 Å². The number of carbonyl (C=O) groups is 3. The number of para-hydroxylation sites is 1. The highest BCUT2D eigenvalue weighted by Gasteiger charge is 2.30. The molecule has 166 valence electrons. The molecule has 1 fully saturated rings. The standard InChI is InChI=1S/C20H28N2O7S/c1-4-28-16-8-6-5-7-15(16)19(24)22-18(13(2)3)20(25)29-11-17(23)21-14-9-10-30(26,27)12-14/h5-8,13-14,18H,4,9-12H2,1-3H3,(H,21,23)(H,22,24)/t14-,18+/m1/s1. The predicted molar refractivity (Wildman–Crippen MR) is 110 cm³/mol. The molecule has 0 saturated carbocycles. The van der Waals surface area contributed by atoms with Crippen LogP contribution < -0.4 is 15.4 Å². The molecule has 1 saturated heterocycles. The number of amides is 2. The minimum absolute atomic E-state index is 0.0302. The summed E-state index contributed by atoms with van der Waals surface area (Å²) in [5.74, 6) is -1.79. The van der Waals surface area contributed by atoms with Gasteiger partial charge in [0.1, 0.15) is 11.8 Å². The quantitative estimate of drug-likeness (QED) is 0.541. The normalized spacial score (nSPS) is 18.5. The average molecular weight is 441 g/mol. The lowest BCUT2D eigenvalue weighted by Crippen LogP contribution is -2.46. The van der Waals surface area contributed by atoms with Crippen LogP contribution in [0.3, 0.4) is 0 Å². The fourth-order valence-electron chi connectivity index (χ4n) is 3.06. The van der Waals surface area contributed by atoms with Crippen molar-refractivity contribution in [3.8, 4) is 5.75 Å². The smallest absolute Gasteiger partial charge is 0.329 e. The number of hydrogen-bond acceptors (Lipinski definition) is 7. The number of nitrogens with one attached hydrogen (secondary N) is 2. The Balaban J connectivity index is 1.93. The molecule has 0 bridgehead atoms. The van der Waals surface area contributed by atoms with Gasteiger partial charge in [0.2, 0.25) is 0 Å². The molecule has 1 heterocycles. The zero-order valence-corrected chi connectivity index (χ0v) is 18.2. The predicted octanol–water partition coefficient (Wildman–Crippen LogP) is 0.686. The number of carbonyl (C=O) groups excluding carboxylic acids is 3. The monoisotopic (exact) mass is 440 g/mol. The van der Waals surface area contributed by atoms with Crippen LogP contribution in [0.5, 0.6) is 5.75 Å². The fourth-order valence-corrected chi connectivity index (χ4v) is 4.73. The molecule has 0 aromatic heterocycles. The minimum Gasteiger partial charge on any atom is -0.493 e. The topological polar surface area (TPSA) is 128 Å². The van der Waals surface area contributed by atoms with Gasteiger partial charge in [-0.1, -0.05) is 26.0 Å². The van der Waals surface area contributed by atoms with Crippen LogP contribution in [0.15, 0.2) is 24.3 Å². The van der Waals surface area contributed by atoms with Crippen molar-refractivity contribution in [2.45, 2.75) is 39.3 Å². The molecule has 1 aromatic rings. The third kappa shape index (κ3) is 6.72. The molecule has 1 aliphatic rings. The molecule has 0 unspecified atom stereocenters. The first-order chi connectivity index (χ1) is 14.1. The van der Waals surface area contributed by atoms with Crippen molar-refractivity contribution >= 4 is 27.6 Å². The van der Waals surface area contributed by atoms with Crippen molar-refractivity contribution in [1.29, 1.82) is 0 Å². The van der Waals surface area contributed by atoms with Gasteiger partial charge in [-0.15, -0.1) is 0 Å². The summed E-state index contributed by atoms with van der Waals surface area (Å²) >= 11 is 0. The van der Waals surface area contributed by atoms with Gasteiger partial charge in [0.15, 0.2) is 16.4 Å². The molecule has 1 aliphatic heterocycles. The van der Waals surface area contributed by atoms with Gasteiger partial charge < -0.3 is 20.1 Å². The van der Waals surface area contributed by atoms with Crippen molar-refractivity contribution in [3.63, 3.8) is 0 Å². The summed E-state index contributed by atoms with van der Waals surface area (Å²) in [6.45, 7) is 5.12. The summed E-state index contributed by atoms with van der Waals surface area (Å²) < 4.78 is 33.4. The Morgan fingerprint density at radius 2 is 1.90 bits per heavy atom. The second-order valence-electron chi connectivity index (χ2n) is 7.40. The first kappa shape index (κ1) is 23.7. The lowest BCUT2D eigenvalue weighted by atomic mass is 10.0. The van der Waals surface area contributed by atoms with Crippen molar-refractivity contribution in [2.75, 3.05) is 24.7 Å². The Morgan fingerprint density at radius 1 is 1.20 bits per heavy atom. The van der Waals surface area contributed by atoms with E-state index in [1.807, 2.05) is 0 Å². The largest absolute Gasteiger partial charge is 0.493 e. The minimum atomic E-state index is -3.12. The van der Waals surface area contributed by atoms with E-state index in [-0.39, 0.29) is 23.0 Å². The van der Waals surface area contributed by atoms with Gasteiger partial charge in [0.25, 0.3) is 11.8 Å². The molecule has 10 heteroatoms. The molecule has 9 nitrogen and oxygen atoms in total. The number of rotatable bonds is 9. The van der Waals surface area contributed by atoms with Crippen molar-refractivity contribution in [3.05, 3.63) is 29.8 Å². The number of esters is 1. The van der Waals surface area contributed by atoms with Crippen LogP contribution in [-0.4, -0.2) is 63.0 Å². The van der Waals surface area contributed by atoms with Crippen molar-refractivity contribution < 1.29 is 32.3 Å². The van der Waals surface area contributed by atoms with E-state index in [2.05, 4.69) is 10.6 Å². The summed E-state index contributed by atoms with van der Waals surface area (Å²) in [5.41, 5.74) is 0.290. The SMILES string of the molecule is CCOc1ccccc1C(=O)N[C@H](C(=O)OCC(=O)N[C@@H]1CCS(=O)(=O)C1)C(C)C. The molecule has 2 amide bonds. The highest BCUT2D eigenvalue weighted by atomic mass is 32.2. The Hall–Kier alpha value is -2.62. The maximum absolute atomic E-state index is 12.7. The Kier molecular flexibility index (Phi) is 8.22. The van der Waals surface area contributed by atoms with Gasteiger partial charge in [0, 0.05) is 6.04 Å². The lowest BCUT2D eigenvalue weighted by molar-refractivity contribution is -0.151. The maximum Gasteiger partial charge on any atom is 0.329 e. The fraction of sp³-hybridized carbons (Fsp3) is 0.550. The highest BCUT2D eigenvalue weighted by Crippen LogP contribution is 2.18. The van der Waals surface area contributed by atoms with Gasteiger partial charge in [-0.3, -0.25) is 9.59 Å². The second-order valence-corrected chi connectivity index (χ2v) is 9.63. The van der Waals surface area contributed by atoms with Crippen LogP contribution >= 0.6 is 0 Å². The van der Waals surface area contributed by atoms with Crippen LogP contribution in [-0.2, 0) is 24.2 Å². The maximum atomic E-state index is 12.7. The second kappa shape index (κ2) is 10.4. The molecule has 2 atom stereocenters. The van der Waals surface area contributed by atoms with E-state index in [0.29, 0.717) is 18.8 Å². The summed E-state index contributed by atoms with van der Waals surface area (Å²) in [7, 11) is -3.12. The zero-order valence-electron chi connectivity index (χ0n) is 17.3. The summed E-state index contributed by atoms with van der Waals surface area (Å²) in [4.78, 5) is 37.1. The van der Waals surface area contributed by atoms with Crippen molar-refractivity contribution in [1.82, 2.24) is 10.6 Å². The van der Waals surface area contributed by atoms with Gasteiger partial charge >= 0.3 is 5.97 Å². The van der Waals surface area contributed by atoms with Crippen LogP contribution in [0.4, 0.5) is 0 Å². The molecule has 1 aromatic carbocycles. The Bertz CT molecular complexity index is 883. The van der Waals surface area contributed by atoms with E-state index in [1.54, 1.807) is 45.0 Å². The lowest BCUT2D eigenvalue weighted by Gasteiger charge is -2.21. The number of ether oxygens (including phenoxy) is 2. The third-order valence-corrected chi connectivity index (χ3v) is 6.35. The Morgan fingerprint density at radius 3 is 2.50 bits per heavy atom. The molecule has 0 aliphatic carbocycles. The van der Waals surface area contributed by atoms with E-state index in [0.717, 1.165) is 0 Å². The van der Waals surface area contributed by atoms with Crippen LogP contribution in [0.2, 0.25) is 0 Å². The van der Waals surface area contributed by atoms with E-state index < -0.39 is 46.3 Å². The summed E-state index contributed by atoms with van der Waals surface area (Å²) in [6, 6.07) is 5.24. The Labute approximate surface area is 176 Å². The van der Waals surface area contributed by atoms with Crippen molar-refractivity contribution in [2.24, 2.45) is 5.92 Å². The first-order valence-corrected chi connectivity index (χ1v) is 11.6. The van der Waals surface area contributed by atoms with Gasteiger partial charge in [-0.2, -0.15) is 0 Å². The van der Waals surface area contributed by atoms with Crippen LogP contribution in [0.1, 0.15) is 37.6 Å². The highest BCUT2D eigenvalue weighted by molar-refractivity contribution is 7.91. The molecule has 2 N–H and O–H groups in total. The summed E-state index contributed by atoms with van der Waals surface area (Å²) in [6.07, 6.45) is 0.339. The van der Waals surface area contributed by atoms with Crippen LogP contribution in [0, 0.1) is 5.92 Å². The number of sulfone groups is 1. The third-order valence-electron chi connectivity index (χ3n) is 4.58.